The summed E-state index contributed by atoms with van der Waals surface area (Å²) in [5.41, 5.74) is 14.4. The number of nitrogens with zero attached hydrogens (tertiary/aromatic N) is 9. The number of fused-ring (bicyclic) bond motifs is 4. The lowest BCUT2D eigenvalue weighted by Gasteiger charge is -2.46. The molecule has 9 heterocycles. The molecule has 6 saturated heterocycles. The molecule has 812 valence electrons. The molecular weight excluding hydrogens is 1740 g/mol. The molecule has 141 heavy (non-hydrogen) atoms. The molecule has 0 aromatic heterocycles. The van der Waals surface area contributed by atoms with E-state index in [2.05, 4.69) is 261 Å². The van der Waals surface area contributed by atoms with Crippen molar-refractivity contribution < 1.29 is 17.6 Å². The molecule has 0 bridgehead atoms. The lowest BCUT2D eigenvalue weighted by atomic mass is 9.68. The first kappa shape index (κ1) is 121. The fourth-order valence-corrected chi connectivity index (χ4v) is 27.7. The van der Waals surface area contributed by atoms with Gasteiger partial charge >= 0.3 is 6.18 Å². The molecular formula is C127H226F4N10. The average molecular weight is 1970 g/mol. The van der Waals surface area contributed by atoms with Crippen LogP contribution in [0.4, 0.5) is 17.6 Å². The van der Waals surface area contributed by atoms with Crippen molar-refractivity contribution in [2.45, 2.75) is 463 Å². The lowest BCUT2D eigenvalue weighted by Crippen LogP contribution is -2.49. The summed E-state index contributed by atoms with van der Waals surface area (Å²) in [7, 11) is 0. The molecule has 0 radical (unpaired) electrons. The van der Waals surface area contributed by atoms with Crippen LogP contribution in [0.2, 0.25) is 0 Å². The molecule has 0 amide bonds. The number of piperidine rings is 3. The third kappa shape index (κ3) is 46.4. The number of aryl methyl sites for hydroxylation is 1. The van der Waals surface area contributed by atoms with Crippen molar-refractivity contribution in [3.05, 3.63) is 105 Å². The zero-order chi connectivity index (χ0) is 104. The van der Waals surface area contributed by atoms with Crippen molar-refractivity contribution in [2.75, 3.05) is 164 Å². The molecule has 5 saturated carbocycles. The molecule has 3 aromatic rings. The molecule has 17 rings (SSSR count). The minimum Gasteiger partial charge on any atom is -0.314 e. The number of likely N-dealkylation sites (tertiary alicyclic amines) is 5. The van der Waals surface area contributed by atoms with Gasteiger partial charge < -0.3 is 29.8 Å². The second-order valence-electron chi connectivity index (χ2n) is 59.7. The molecule has 5 aliphatic carbocycles. The summed E-state index contributed by atoms with van der Waals surface area (Å²) in [5, 5.41) is 3.36. The smallest absolute Gasteiger partial charge is 0.314 e. The molecule has 4 spiro atoms. The Morgan fingerprint density at radius 1 is 0.284 bits per heavy atom. The molecule has 1 N–H and O–H groups in total. The summed E-state index contributed by atoms with van der Waals surface area (Å²) >= 11 is 0. The van der Waals surface area contributed by atoms with E-state index in [0.717, 1.165) is 104 Å². The van der Waals surface area contributed by atoms with E-state index in [4.69, 9.17) is 0 Å². The Kier molecular flexibility index (Phi) is 46.8. The Hall–Kier alpha value is -3.02. The summed E-state index contributed by atoms with van der Waals surface area (Å²) in [6.45, 7) is 98.0. The van der Waals surface area contributed by atoms with Gasteiger partial charge in [-0.1, -0.05) is 319 Å². The Bertz CT molecular complexity index is 3920. The van der Waals surface area contributed by atoms with Gasteiger partial charge in [0.15, 0.2) is 0 Å². The summed E-state index contributed by atoms with van der Waals surface area (Å²) in [4.78, 5) is 23.3. The summed E-state index contributed by atoms with van der Waals surface area (Å²) in [6.07, 6.45) is 49.4. The number of hydrogen-bond donors (Lipinski definition) is 1. The number of alkyl halides is 3. The van der Waals surface area contributed by atoms with E-state index in [0.29, 0.717) is 61.8 Å². The highest BCUT2D eigenvalue weighted by molar-refractivity contribution is 5.39. The molecule has 9 aliphatic heterocycles. The topological polar surface area (TPSA) is 41.2 Å². The van der Waals surface area contributed by atoms with Gasteiger partial charge in [-0.3, -0.25) is 19.6 Å². The van der Waals surface area contributed by atoms with Crippen LogP contribution in [0.1, 0.15) is 450 Å². The first-order chi connectivity index (χ1) is 65.7. The lowest BCUT2D eigenvalue weighted by molar-refractivity contribution is -0.138. The maximum atomic E-state index is 13.1. The third-order valence-electron chi connectivity index (χ3n) is 33.2. The van der Waals surface area contributed by atoms with E-state index < -0.39 is 11.7 Å². The summed E-state index contributed by atoms with van der Waals surface area (Å²) in [5.74, 6) is 0.922. The van der Waals surface area contributed by atoms with E-state index >= 15 is 0 Å². The van der Waals surface area contributed by atoms with Crippen molar-refractivity contribution in [1.29, 1.82) is 0 Å². The van der Waals surface area contributed by atoms with Crippen molar-refractivity contribution in [2.24, 2.45) is 76.3 Å². The van der Waals surface area contributed by atoms with Gasteiger partial charge in [-0.2, -0.15) is 13.2 Å². The van der Waals surface area contributed by atoms with Crippen LogP contribution < -0.4 is 5.32 Å². The second-order valence-corrected chi connectivity index (χ2v) is 59.7. The largest absolute Gasteiger partial charge is 0.416 e. The minimum atomic E-state index is -4.25. The van der Waals surface area contributed by atoms with Gasteiger partial charge in [0.05, 0.1) is 5.56 Å². The SMILES string of the molecule is CC(C)(C)CN1CCC2(CCCCC2)C1.CC(C)(C)CN1CCC2(CCCCC2)CC1.CC(C)(C)CN1CCCC2(CCCCC2)C1.CC(C)(C)CN1CCCC2(CCCCC2)CC1.CC(C)(C)CN1CCC[C@H]2CCCC[C@@H]21.CC(C)(C)CN1CCNCC1.CC(C)(C)CN1CCc2ccc(F)cc2C1.CC(C)(C)CN1CCc2cccc(C(F)(F)F)c2C1.Cc1ccc2c(c1)CN(CC(C)(C)C)CC2. The monoisotopic (exact) mass is 1970 g/mol. The Morgan fingerprint density at radius 2 is 0.617 bits per heavy atom. The Labute approximate surface area is 869 Å². The first-order valence-electron chi connectivity index (χ1n) is 58.9. The molecule has 14 aliphatic rings. The number of piperazine rings is 1. The fourth-order valence-electron chi connectivity index (χ4n) is 27.7. The van der Waals surface area contributed by atoms with Crippen LogP contribution in [0.25, 0.3) is 0 Å². The fraction of sp³-hybridized carbons (Fsp3) is 0.858. The van der Waals surface area contributed by atoms with Gasteiger partial charge in [-0.15, -0.1) is 0 Å². The van der Waals surface area contributed by atoms with Crippen LogP contribution in [0.15, 0.2) is 54.6 Å². The number of benzene rings is 3. The van der Waals surface area contributed by atoms with Crippen LogP contribution in [-0.4, -0.2) is 214 Å². The maximum absolute atomic E-state index is 13.1. The number of nitrogens with one attached hydrogen (secondary N) is 1. The second kappa shape index (κ2) is 54.3. The summed E-state index contributed by atoms with van der Waals surface area (Å²) in [6, 6.07) is 17.5. The van der Waals surface area contributed by atoms with E-state index in [1.54, 1.807) is 17.7 Å². The number of halogens is 4. The highest BCUT2D eigenvalue weighted by Gasteiger charge is 2.44. The van der Waals surface area contributed by atoms with Crippen LogP contribution in [0.5, 0.6) is 0 Å². The zero-order valence-electron chi connectivity index (χ0n) is 97.8. The predicted molar refractivity (Wildman–Crippen MR) is 602 cm³/mol. The molecule has 2 atom stereocenters. The first-order valence-corrected chi connectivity index (χ1v) is 58.9. The van der Waals surface area contributed by atoms with E-state index in [9.17, 15) is 17.6 Å². The van der Waals surface area contributed by atoms with Gasteiger partial charge in [0.2, 0.25) is 0 Å². The van der Waals surface area contributed by atoms with Gasteiger partial charge in [0.1, 0.15) is 5.82 Å². The molecule has 11 fully saturated rings. The van der Waals surface area contributed by atoms with Crippen LogP contribution >= 0.6 is 0 Å². The van der Waals surface area contributed by atoms with Crippen molar-refractivity contribution in [3.8, 4) is 0 Å². The Morgan fingerprint density at radius 3 is 1.07 bits per heavy atom. The van der Waals surface area contributed by atoms with E-state index in [-0.39, 0.29) is 11.2 Å². The van der Waals surface area contributed by atoms with Gasteiger partial charge in [0.25, 0.3) is 0 Å². The van der Waals surface area contributed by atoms with Gasteiger partial charge in [-0.05, 0) is 328 Å². The van der Waals surface area contributed by atoms with Crippen molar-refractivity contribution in [3.63, 3.8) is 0 Å². The van der Waals surface area contributed by atoms with Crippen molar-refractivity contribution >= 4 is 0 Å². The quantitative estimate of drug-likeness (QED) is 0.210. The van der Waals surface area contributed by atoms with Gasteiger partial charge in [-0.25, -0.2) is 4.39 Å². The van der Waals surface area contributed by atoms with E-state index in [1.807, 2.05) is 12.1 Å². The maximum Gasteiger partial charge on any atom is 0.416 e. The molecule has 14 heteroatoms. The van der Waals surface area contributed by atoms with Crippen LogP contribution in [-0.2, 0) is 45.1 Å². The number of rotatable bonds is 9. The molecule has 10 nitrogen and oxygen atoms in total. The predicted octanol–water partition coefficient (Wildman–Crippen LogP) is 31.7. The number of hydrogen-bond acceptors (Lipinski definition) is 10. The summed E-state index contributed by atoms with van der Waals surface area (Å²) < 4.78 is 52.2. The average Bonchev–Trinajstić information content (AvgIpc) is 1.76. The van der Waals surface area contributed by atoms with Crippen molar-refractivity contribution in [1.82, 2.24) is 49.4 Å². The molecule has 3 aromatic carbocycles. The zero-order valence-corrected chi connectivity index (χ0v) is 97.8. The standard InChI is InChI=1S/C16H31N.C15H20F3N.C15H23N.2C15H29N.C14H20FN.2C14H27N.C9H20N2/c1-15(2,3)14-17-12-7-10-16(11-13-17)8-5-4-6-9-16;1-14(2,3)10-19-8-7-11-5-4-6-13(12(11)9-19)15(16,17)18;1-12-5-6-13-7-8-16(10-14(13)9-12)11-15(2,3)4;1-14(2,3)12-16-11-7-10-15(13-16)8-5-4-6-9-15;1-14(2,3)13-16-11-9-15(10-12-16)7-5-4-6-8-15;1-14(2,3)10-16-7-6-11-4-5-13(15)8-12(11)9-16;1-14(2,3)11-15-10-6-8-12-7-4-5-9-13(12)15;1-13(2,3)11-15-10-9-14(12-15)7-5-4-6-8-14;1-9(2,3)8-11-6-4-10-5-7-11/h4-14H2,1-3H3;4-6H,7-10H2,1-3H3;5-6,9H,7-8,10-11H2,1-4H3;2*4-13H2,1-3H3;4-5,8H,6-7,9-10H2,1-3H3;12-13H,4-11H2,1-3H3;4-12H2,1-3H3;10H,4-8H2,1-3H3/t;;;;;;12-,13+;;/m......1../s1. The highest BCUT2D eigenvalue weighted by Crippen LogP contribution is 2.50. The normalized spacial score (nSPS) is 23.9. The Balaban J connectivity index is 0.000000178. The van der Waals surface area contributed by atoms with E-state index in [1.165, 1.54) is 378 Å². The van der Waals surface area contributed by atoms with Crippen LogP contribution in [0, 0.1) is 89.1 Å². The highest BCUT2D eigenvalue weighted by atomic mass is 19.4. The molecule has 0 unspecified atom stereocenters. The van der Waals surface area contributed by atoms with Crippen LogP contribution in [0.3, 0.4) is 0 Å². The minimum absolute atomic E-state index is 0.102. The van der Waals surface area contributed by atoms with Gasteiger partial charge in [0, 0.05) is 143 Å². The third-order valence-corrected chi connectivity index (χ3v) is 33.2.